The first kappa shape index (κ1) is 30.4. The van der Waals surface area contributed by atoms with Gasteiger partial charge in [-0.3, -0.25) is 4.90 Å². The second-order valence-corrected chi connectivity index (χ2v) is 14.9. The summed E-state index contributed by atoms with van der Waals surface area (Å²) in [4.78, 5) is 13.7. The van der Waals surface area contributed by atoms with Gasteiger partial charge in [-0.25, -0.2) is 13.2 Å². The monoisotopic (exact) mass is 697 g/mol. The summed E-state index contributed by atoms with van der Waals surface area (Å²) in [7, 11) is 0. The molecule has 2 aromatic heterocycles. The molecule has 5 aliphatic heterocycles. The number of nitrogens with one attached hydrogen (secondary N) is 1. The molecule has 1 spiro atoms. The van der Waals surface area contributed by atoms with E-state index in [1.165, 1.54) is 12.1 Å². The molecule has 1 unspecified atom stereocenters. The van der Waals surface area contributed by atoms with E-state index in [9.17, 15) is 14.0 Å². The van der Waals surface area contributed by atoms with Crippen LogP contribution in [0.25, 0.3) is 32.1 Å². The lowest BCUT2D eigenvalue weighted by Gasteiger charge is -2.38. The smallest absolute Gasteiger partial charge is 0.319 e. The van der Waals surface area contributed by atoms with E-state index in [2.05, 4.69) is 20.1 Å². The van der Waals surface area contributed by atoms with Gasteiger partial charge in [0.15, 0.2) is 11.6 Å². The second kappa shape index (κ2) is 10.9. The lowest BCUT2D eigenvalue weighted by Crippen LogP contribution is -2.59. The molecule has 4 saturated heterocycles. The van der Waals surface area contributed by atoms with Crippen molar-refractivity contribution >= 4 is 54.7 Å². The third kappa shape index (κ3) is 4.41. The topological polar surface area (TPSA) is 122 Å². The van der Waals surface area contributed by atoms with E-state index in [1.807, 2.05) is 6.07 Å². The van der Waals surface area contributed by atoms with Crippen LogP contribution in [0, 0.1) is 23.0 Å². The fourth-order valence-corrected chi connectivity index (χ4v) is 9.70. The normalized spacial score (nSPS) is 26.1. The Labute approximate surface area is 282 Å². The van der Waals surface area contributed by atoms with Crippen molar-refractivity contribution in [1.29, 1.82) is 5.26 Å². The molecule has 0 radical (unpaired) electrons. The molecule has 7 heterocycles. The van der Waals surface area contributed by atoms with E-state index in [4.69, 9.17) is 36.5 Å². The molecule has 3 N–H and O–H groups in total. The number of hydrogen-bond donors (Lipinski definition) is 2. The zero-order valence-electron chi connectivity index (χ0n) is 25.8. The summed E-state index contributed by atoms with van der Waals surface area (Å²) in [5.74, 6) is -0.797. The van der Waals surface area contributed by atoms with Gasteiger partial charge in [-0.1, -0.05) is 17.7 Å². The van der Waals surface area contributed by atoms with Crippen molar-refractivity contribution in [3.8, 4) is 29.0 Å². The highest BCUT2D eigenvalue weighted by Gasteiger charge is 2.50. The van der Waals surface area contributed by atoms with Crippen LogP contribution < -0.4 is 25.4 Å². The third-order valence-corrected chi connectivity index (χ3v) is 12.1. The second-order valence-electron chi connectivity index (χ2n) is 13.5. The summed E-state index contributed by atoms with van der Waals surface area (Å²) < 4.78 is 65.7. The Balaban J connectivity index is 1.24. The van der Waals surface area contributed by atoms with E-state index < -0.39 is 23.3 Å². The molecule has 2 aromatic carbocycles. The largest absolute Gasteiger partial charge is 0.489 e. The minimum absolute atomic E-state index is 0.0363. The number of nitrogens with two attached hydrogens (primary N) is 1. The van der Waals surface area contributed by atoms with Crippen molar-refractivity contribution in [1.82, 2.24) is 20.2 Å². The molecule has 0 saturated carbocycles. The molecule has 4 fully saturated rings. The zero-order chi connectivity index (χ0) is 32.9. The van der Waals surface area contributed by atoms with Gasteiger partial charge in [-0.2, -0.15) is 15.2 Å². The maximum atomic E-state index is 17.2. The molecule has 9 rings (SSSR count). The Morgan fingerprint density at radius 2 is 2.06 bits per heavy atom. The van der Waals surface area contributed by atoms with E-state index in [1.54, 1.807) is 0 Å². The van der Waals surface area contributed by atoms with Crippen LogP contribution in [0.4, 0.5) is 24.0 Å². The van der Waals surface area contributed by atoms with Crippen LogP contribution in [0.2, 0.25) is 5.02 Å². The Morgan fingerprint density at radius 1 is 1.21 bits per heavy atom. The van der Waals surface area contributed by atoms with Crippen molar-refractivity contribution in [3.05, 3.63) is 34.4 Å². The van der Waals surface area contributed by atoms with E-state index in [-0.39, 0.29) is 84.3 Å². The molecule has 10 nitrogen and oxygen atoms in total. The van der Waals surface area contributed by atoms with Crippen LogP contribution in [0.15, 0.2) is 12.1 Å². The number of nitrogen functional groups attached to an aromatic ring is 1. The summed E-state index contributed by atoms with van der Waals surface area (Å²) in [6.45, 7) is 3.88. The Bertz CT molecular complexity index is 2060. The van der Waals surface area contributed by atoms with Gasteiger partial charge in [0.1, 0.15) is 47.6 Å². The van der Waals surface area contributed by atoms with Crippen LogP contribution in [0.3, 0.4) is 0 Å². The summed E-state index contributed by atoms with van der Waals surface area (Å²) >= 11 is 7.96. The minimum atomic E-state index is -0.943. The van der Waals surface area contributed by atoms with Crippen molar-refractivity contribution in [2.75, 3.05) is 63.2 Å². The lowest BCUT2D eigenvalue weighted by atomic mass is 9.91. The van der Waals surface area contributed by atoms with Crippen LogP contribution in [0.1, 0.15) is 31.2 Å². The molecule has 4 aromatic rings. The van der Waals surface area contributed by atoms with Gasteiger partial charge in [0.05, 0.1) is 51.0 Å². The summed E-state index contributed by atoms with van der Waals surface area (Å²) in [6.07, 6.45) is 1.87. The SMILES string of the molecule is N#Cc1c(N)sc2c(F)ccc(-c3c(Cl)c4c5c(nc(OC[C@@]67CCCN6C[C@H](F)C7)nc5c3F)N(C3COC5(CNC5)C3)CCO4)c12. The van der Waals surface area contributed by atoms with Gasteiger partial charge in [0.2, 0.25) is 0 Å². The number of halogens is 4. The lowest BCUT2D eigenvalue weighted by molar-refractivity contribution is -0.0360. The number of nitriles is 1. The number of thiophene rings is 1. The molecule has 0 bridgehead atoms. The molecule has 250 valence electrons. The van der Waals surface area contributed by atoms with Crippen molar-refractivity contribution in [2.45, 2.75) is 49.0 Å². The first-order valence-electron chi connectivity index (χ1n) is 16.1. The highest BCUT2D eigenvalue weighted by Crippen LogP contribution is 2.51. The summed E-state index contributed by atoms with van der Waals surface area (Å²) in [6, 6.07) is 4.50. The van der Waals surface area contributed by atoms with Crippen molar-refractivity contribution in [3.63, 3.8) is 0 Å². The number of aromatic nitrogens is 2. The molecule has 3 atom stereocenters. The molecular weight excluding hydrogens is 667 g/mol. The quantitative estimate of drug-likeness (QED) is 0.289. The number of fused-ring (bicyclic) bond motifs is 2. The number of ether oxygens (including phenoxy) is 3. The standard InChI is InChI=1S/C33H31ClF3N7O3S/c34-24-22(18-2-3-20(36)28-21(18)19(10-38)29(39)48-28)25(37)26-23-27(24)45-7-6-44(17-9-33(47-12-17)13-40-14-33)30(23)42-31(41-26)46-15-32-4-1-5-43(32)11-16(35)8-32/h2-3,16-17,40H,1,4-9,11-15,39H2/t16-,17?,32+/m1/s1. The Morgan fingerprint density at radius 3 is 2.83 bits per heavy atom. The summed E-state index contributed by atoms with van der Waals surface area (Å²) in [5.41, 5.74) is 5.41. The number of hydrogen-bond acceptors (Lipinski definition) is 11. The van der Waals surface area contributed by atoms with Gasteiger partial charge in [0, 0.05) is 43.4 Å². The number of alkyl halides is 1. The fourth-order valence-electron chi connectivity index (χ4n) is 8.41. The van der Waals surface area contributed by atoms with Gasteiger partial charge in [-0.05, 0) is 31.0 Å². The van der Waals surface area contributed by atoms with Gasteiger partial charge >= 0.3 is 6.01 Å². The number of benzene rings is 2. The van der Waals surface area contributed by atoms with Gasteiger partial charge < -0.3 is 30.2 Å². The molecule has 0 aliphatic carbocycles. The van der Waals surface area contributed by atoms with Crippen molar-refractivity contribution in [2.24, 2.45) is 0 Å². The van der Waals surface area contributed by atoms with Crippen molar-refractivity contribution < 1.29 is 27.4 Å². The summed E-state index contributed by atoms with van der Waals surface area (Å²) in [5, 5.41) is 13.7. The number of nitrogens with zero attached hydrogens (tertiary/aromatic N) is 5. The van der Waals surface area contributed by atoms with E-state index in [0.717, 1.165) is 50.2 Å². The highest BCUT2D eigenvalue weighted by molar-refractivity contribution is 7.23. The van der Waals surface area contributed by atoms with Crippen LogP contribution in [0.5, 0.6) is 11.8 Å². The van der Waals surface area contributed by atoms with Crippen LogP contribution in [-0.2, 0) is 4.74 Å². The zero-order valence-corrected chi connectivity index (χ0v) is 27.3. The molecule has 0 amide bonds. The first-order chi connectivity index (χ1) is 23.2. The number of anilines is 2. The van der Waals surface area contributed by atoms with Crippen LogP contribution in [-0.4, -0.2) is 90.8 Å². The minimum Gasteiger partial charge on any atom is -0.489 e. The fraction of sp³-hybridized carbons (Fsp3) is 0.485. The maximum Gasteiger partial charge on any atom is 0.319 e. The average molecular weight is 698 g/mol. The molecule has 5 aliphatic rings. The third-order valence-electron chi connectivity index (χ3n) is 10.7. The number of rotatable bonds is 5. The van der Waals surface area contributed by atoms with Gasteiger partial charge in [0.25, 0.3) is 0 Å². The highest BCUT2D eigenvalue weighted by atomic mass is 35.5. The average Bonchev–Trinajstić information content (AvgIpc) is 3.79. The molecular formula is C33H31ClF3N7O3S. The molecule has 15 heteroatoms. The molecule has 48 heavy (non-hydrogen) atoms. The van der Waals surface area contributed by atoms with Gasteiger partial charge in [-0.15, -0.1) is 11.3 Å². The Kier molecular flexibility index (Phi) is 6.94. The predicted octanol–water partition coefficient (Wildman–Crippen LogP) is 5.18. The van der Waals surface area contributed by atoms with E-state index in [0.29, 0.717) is 31.9 Å². The predicted molar refractivity (Wildman–Crippen MR) is 176 cm³/mol. The Hall–Kier alpha value is -3.61. The van der Waals surface area contributed by atoms with Crippen LogP contribution >= 0.6 is 22.9 Å². The van der Waals surface area contributed by atoms with E-state index >= 15 is 4.39 Å². The first-order valence-corrected chi connectivity index (χ1v) is 17.3. The maximum absolute atomic E-state index is 17.2.